The fraction of sp³-hybridized carbons (Fsp3) is 0.458. The summed E-state index contributed by atoms with van der Waals surface area (Å²) in [5, 5.41) is 0. The Labute approximate surface area is 184 Å². The van der Waals surface area contributed by atoms with Crippen LogP contribution in [0.3, 0.4) is 0 Å². The first-order chi connectivity index (χ1) is 14.8. The smallest absolute Gasteiger partial charge is 0.334 e. The van der Waals surface area contributed by atoms with Crippen molar-refractivity contribution in [2.24, 2.45) is 5.41 Å². The lowest BCUT2D eigenvalue weighted by molar-refractivity contribution is -0.143. The van der Waals surface area contributed by atoms with Crippen molar-refractivity contribution in [1.82, 2.24) is 4.90 Å². The van der Waals surface area contributed by atoms with Crippen molar-refractivity contribution in [2.45, 2.75) is 65.5 Å². The monoisotopic (exact) mass is 459 g/mol. The minimum absolute atomic E-state index is 0.0529. The highest BCUT2D eigenvalue weighted by atomic mass is 19.4. The van der Waals surface area contributed by atoms with Crippen LogP contribution in [0, 0.1) is 5.41 Å². The third-order valence-corrected chi connectivity index (χ3v) is 5.70. The average molecular weight is 459 g/mol. The molecule has 0 heterocycles. The summed E-state index contributed by atoms with van der Waals surface area (Å²) in [6, 6.07) is 9.11. The van der Waals surface area contributed by atoms with Gasteiger partial charge in [0, 0.05) is 18.5 Å². The predicted molar refractivity (Wildman–Crippen MR) is 110 cm³/mol. The molecule has 0 aromatic heterocycles. The second-order valence-corrected chi connectivity index (χ2v) is 8.21. The van der Waals surface area contributed by atoms with Crippen LogP contribution in [-0.4, -0.2) is 10.8 Å². The lowest BCUT2D eigenvalue weighted by Crippen LogP contribution is -2.41. The maximum Gasteiger partial charge on any atom is 0.416 e. The first-order valence-electron chi connectivity index (χ1n) is 10.4. The van der Waals surface area contributed by atoms with E-state index in [9.17, 15) is 31.1 Å². The molecular formula is C24H27F6NO. The Hall–Kier alpha value is -2.51. The second-order valence-electron chi connectivity index (χ2n) is 8.21. The molecule has 8 heteroatoms. The Balaban J connectivity index is 2.33. The molecule has 1 atom stereocenters. The maximum absolute atomic E-state index is 13.4. The molecule has 176 valence electrons. The number of halogens is 6. The van der Waals surface area contributed by atoms with Gasteiger partial charge in [0.25, 0.3) is 0 Å². The van der Waals surface area contributed by atoms with E-state index in [0.717, 1.165) is 30.7 Å². The Bertz CT molecular complexity index is 827. The number of benzene rings is 2. The van der Waals surface area contributed by atoms with Crippen molar-refractivity contribution < 1.29 is 31.1 Å². The van der Waals surface area contributed by atoms with Gasteiger partial charge in [-0.05, 0) is 48.2 Å². The molecule has 2 aromatic carbocycles. The normalized spacial score (nSPS) is 14.2. The van der Waals surface area contributed by atoms with Crippen LogP contribution in [0.15, 0.2) is 48.5 Å². The van der Waals surface area contributed by atoms with Crippen molar-refractivity contribution in [3.8, 4) is 0 Å². The minimum Gasteiger partial charge on any atom is -0.334 e. The molecule has 32 heavy (non-hydrogen) atoms. The molecule has 0 aliphatic heterocycles. The molecule has 0 bridgehead atoms. The number of carbonyl (C=O) groups excluding carboxylic acids is 1. The van der Waals surface area contributed by atoms with Crippen LogP contribution in [-0.2, 0) is 30.2 Å². The highest BCUT2D eigenvalue weighted by Gasteiger charge is 2.35. The van der Waals surface area contributed by atoms with E-state index in [1.165, 1.54) is 29.2 Å². The van der Waals surface area contributed by atoms with Crippen molar-refractivity contribution in [1.29, 1.82) is 0 Å². The molecule has 2 rings (SSSR count). The van der Waals surface area contributed by atoms with E-state index in [2.05, 4.69) is 0 Å². The molecule has 0 saturated heterocycles. The van der Waals surface area contributed by atoms with Gasteiger partial charge in [-0.2, -0.15) is 26.3 Å². The van der Waals surface area contributed by atoms with E-state index in [0.29, 0.717) is 24.0 Å². The number of hydrogen-bond acceptors (Lipinski definition) is 1. The molecule has 0 aliphatic rings. The van der Waals surface area contributed by atoms with E-state index in [4.69, 9.17) is 0 Å². The van der Waals surface area contributed by atoms with E-state index in [-0.39, 0.29) is 19.0 Å². The first-order valence-corrected chi connectivity index (χ1v) is 10.4. The Morgan fingerprint density at radius 2 is 1.12 bits per heavy atom. The van der Waals surface area contributed by atoms with E-state index >= 15 is 0 Å². The number of hydrogen-bond donors (Lipinski definition) is 0. The molecule has 1 unspecified atom stereocenters. The number of alkyl halides is 6. The molecule has 2 nitrogen and oxygen atoms in total. The Morgan fingerprint density at radius 3 is 1.41 bits per heavy atom. The average Bonchev–Trinajstić information content (AvgIpc) is 2.72. The summed E-state index contributed by atoms with van der Waals surface area (Å²) >= 11 is 0. The number of amides is 1. The predicted octanol–water partition coefficient (Wildman–Crippen LogP) is 7.47. The van der Waals surface area contributed by atoms with Gasteiger partial charge in [0.1, 0.15) is 0 Å². The topological polar surface area (TPSA) is 20.3 Å². The largest absolute Gasteiger partial charge is 0.416 e. The summed E-state index contributed by atoms with van der Waals surface area (Å²) < 4.78 is 77.1. The zero-order valence-electron chi connectivity index (χ0n) is 18.3. The standard InChI is InChI=1S/C24H27F6NO/c1-4-14-22(3,5-2)21(32)31(15-17-6-10-19(11-7-17)23(25,26)27)16-18-8-12-20(13-9-18)24(28,29)30/h6-13H,4-5,14-16H2,1-3H3. The van der Waals surface area contributed by atoms with Gasteiger partial charge >= 0.3 is 12.4 Å². The van der Waals surface area contributed by atoms with Gasteiger partial charge in [-0.1, -0.05) is 51.5 Å². The van der Waals surface area contributed by atoms with Crippen molar-refractivity contribution in [3.05, 3.63) is 70.8 Å². The summed E-state index contributed by atoms with van der Waals surface area (Å²) in [4.78, 5) is 14.9. The van der Waals surface area contributed by atoms with Gasteiger partial charge < -0.3 is 4.90 Å². The molecule has 0 fully saturated rings. The fourth-order valence-corrected chi connectivity index (χ4v) is 3.61. The van der Waals surface area contributed by atoms with Gasteiger partial charge in [0.15, 0.2) is 0 Å². The molecule has 0 aliphatic carbocycles. The number of carbonyl (C=O) groups is 1. The van der Waals surface area contributed by atoms with Gasteiger partial charge in [-0.3, -0.25) is 4.79 Å². The molecule has 0 N–H and O–H groups in total. The zero-order valence-corrected chi connectivity index (χ0v) is 18.3. The number of nitrogens with zero attached hydrogens (tertiary/aromatic N) is 1. The fourth-order valence-electron chi connectivity index (χ4n) is 3.61. The summed E-state index contributed by atoms with van der Waals surface area (Å²) in [7, 11) is 0. The third-order valence-electron chi connectivity index (χ3n) is 5.70. The van der Waals surface area contributed by atoms with E-state index in [1.54, 1.807) is 0 Å². The summed E-state index contributed by atoms with van der Waals surface area (Å²) in [6.45, 7) is 5.79. The highest BCUT2D eigenvalue weighted by Crippen LogP contribution is 2.33. The second kappa shape index (κ2) is 9.96. The van der Waals surface area contributed by atoms with E-state index < -0.39 is 28.9 Å². The van der Waals surface area contributed by atoms with Crippen LogP contribution in [0.25, 0.3) is 0 Å². The Morgan fingerprint density at radius 1 is 0.750 bits per heavy atom. The van der Waals surface area contributed by atoms with Crippen LogP contribution in [0.1, 0.15) is 62.3 Å². The van der Waals surface area contributed by atoms with Crippen molar-refractivity contribution >= 4 is 5.91 Å². The Kier molecular flexibility index (Phi) is 8.02. The lowest BCUT2D eigenvalue weighted by atomic mass is 9.81. The summed E-state index contributed by atoms with van der Waals surface area (Å²) in [5.41, 5.74) is -1.23. The summed E-state index contributed by atoms with van der Waals surface area (Å²) in [5.74, 6) is -0.179. The lowest BCUT2D eigenvalue weighted by Gasteiger charge is -2.34. The van der Waals surface area contributed by atoms with Crippen molar-refractivity contribution in [2.75, 3.05) is 0 Å². The molecule has 1 amide bonds. The minimum atomic E-state index is -4.46. The SMILES string of the molecule is CCCC(C)(CC)C(=O)N(Cc1ccc(C(F)(F)F)cc1)Cc1ccc(C(F)(F)F)cc1. The molecule has 2 aromatic rings. The van der Waals surface area contributed by atoms with Gasteiger partial charge in [-0.25, -0.2) is 0 Å². The van der Waals surface area contributed by atoms with Crippen LogP contribution in [0.5, 0.6) is 0 Å². The van der Waals surface area contributed by atoms with Crippen molar-refractivity contribution in [3.63, 3.8) is 0 Å². The van der Waals surface area contributed by atoms with Gasteiger partial charge in [-0.15, -0.1) is 0 Å². The van der Waals surface area contributed by atoms with Gasteiger partial charge in [0.2, 0.25) is 5.91 Å². The van der Waals surface area contributed by atoms with Crippen LogP contribution in [0.4, 0.5) is 26.3 Å². The highest BCUT2D eigenvalue weighted by molar-refractivity contribution is 5.82. The molecule has 0 saturated carbocycles. The molecule has 0 spiro atoms. The zero-order chi connectivity index (χ0) is 24.2. The molecule has 0 radical (unpaired) electrons. The van der Waals surface area contributed by atoms with E-state index in [1.807, 2.05) is 20.8 Å². The van der Waals surface area contributed by atoms with Crippen LogP contribution >= 0.6 is 0 Å². The third kappa shape index (κ3) is 6.50. The molecular weight excluding hydrogens is 432 g/mol. The van der Waals surface area contributed by atoms with Gasteiger partial charge in [0.05, 0.1) is 11.1 Å². The number of rotatable bonds is 8. The quantitative estimate of drug-likeness (QED) is 0.375. The van der Waals surface area contributed by atoms with Crippen LogP contribution in [0.2, 0.25) is 0 Å². The van der Waals surface area contributed by atoms with Crippen LogP contribution < -0.4 is 0 Å². The summed E-state index contributed by atoms with van der Waals surface area (Å²) in [6.07, 6.45) is -6.97. The first kappa shape index (κ1) is 25.7. The maximum atomic E-state index is 13.4.